The lowest BCUT2D eigenvalue weighted by atomic mass is 9.95. The van der Waals surface area contributed by atoms with Crippen molar-refractivity contribution in [2.24, 2.45) is 0 Å². The molecule has 0 fully saturated rings. The fraction of sp³-hybridized carbons (Fsp3) is 0.286. The lowest BCUT2D eigenvalue weighted by Gasteiger charge is -2.19. The summed E-state index contributed by atoms with van der Waals surface area (Å²) in [7, 11) is 0. The fourth-order valence-corrected chi connectivity index (χ4v) is 2.87. The minimum atomic E-state index is 0.00662. The number of thiazole rings is 1. The summed E-state index contributed by atoms with van der Waals surface area (Å²) in [5.41, 5.74) is 5.00. The van der Waals surface area contributed by atoms with Crippen LogP contribution in [0.15, 0.2) is 29.9 Å². The lowest BCUT2D eigenvalue weighted by Crippen LogP contribution is -2.29. The van der Waals surface area contributed by atoms with E-state index in [9.17, 15) is 4.79 Å². The number of carbonyl (C=O) groups excluding carboxylic acids is 1. The summed E-state index contributed by atoms with van der Waals surface area (Å²) in [4.78, 5) is 17.3. The van der Waals surface area contributed by atoms with Gasteiger partial charge in [0.1, 0.15) is 0 Å². The first-order chi connectivity index (χ1) is 9.34. The molecule has 0 bridgehead atoms. The van der Waals surface area contributed by atoms with Gasteiger partial charge in [-0.3, -0.25) is 9.78 Å². The van der Waals surface area contributed by atoms with Crippen molar-refractivity contribution in [3.63, 3.8) is 0 Å². The highest BCUT2D eigenvalue weighted by molar-refractivity contribution is 7.09. The summed E-state index contributed by atoms with van der Waals surface area (Å²) in [6.07, 6.45) is 2.70. The van der Waals surface area contributed by atoms with Crippen molar-refractivity contribution >= 4 is 17.2 Å². The van der Waals surface area contributed by atoms with Crippen molar-refractivity contribution in [1.82, 2.24) is 15.6 Å². The molecule has 0 aliphatic carbocycles. The second-order valence-corrected chi connectivity index (χ2v) is 5.49. The van der Waals surface area contributed by atoms with Crippen LogP contribution in [0.3, 0.4) is 0 Å². The normalized spacial score (nSPS) is 13.9. The van der Waals surface area contributed by atoms with Crippen molar-refractivity contribution in [3.8, 4) is 0 Å². The Labute approximate surface area is 115 Å². The molecule has 0 atom stereocenters. The first-order valence-corrected chi connectivity index (χ1v) is 7.19. The summed E-state index contributed by atoms with van der Waals surface area (Å²) < 4.78 is 0. The number of nitrogens with one attached hydrogen (secondary N) is 2. The smallest absolute Gasteiger partial charge is 0.251 e. The van der Waals surface area contributed by atoms with E-state index in [0.717, 1.165) is 30.0 Å². The average Bonchev–Trinajstić information content (AvgIpc) is 2.97. The second-order valence-electron chi connectivity index (χ2n) is 4.52. The van der Waals surface area contributed by atoms with Crippen LogP contribution in [0.5, 0.6) is 0 Å². The molecule has 1 aliphatic heterocycles. The minimum absolute atomic E-state index is 0.00662. The van der Waals surface area contributed by atoms with Crippen LogP contribution < -0.4 is 10.6 Å². The van der Waals surface area contributed by atoms with Crippen LogP contribution in [0.25, 0.3) is 0 Å². The Bertz CT molecular complexity index is 580. The Morgan fingerprint density at radius 3 is 3.26 bits per heavy atom. The van der Waals surface area contributed by atoms with Crippen LogP contribution >= 0.6 is 11.3 Å². The number of fused-ring (bicyclic) bond motifs is 1. The Morgan fingerprint density at radius 1 is 1.47 bits per heavy atom. The molecule has 19 heavy (non-hydrogen) atoms. The van der Waals surface area contributed by atoms with Gasteiger partial charge in [-0.15, -0.1) is 11.3 Å². The monoisotopic (exact) mass is 273 g/mol. The number of amides is 1. The first-order valence-electron chi connectivity index (χ1n) is 6.31. The van der Waals surface area contributed by atoms with Gasteiger partial charge in [0.2, 0.25) is 0 Å². The lowest BCUT2D eigenvalue weighted by molar-refractivity contribution is 0.0950. The fourth-order valence-electron chi connectivity index (χ4n) is 2.34. The van der Waals surface area contributed by atoms with E-state index in [1.165, 1.54) is 11.1 Å². The number of aromatic nitrogens is 1. The number of hydrogen-bond acceptors (Lipinski definition) is 4. The third-order valence-corrected chi connectivity index (χ3v) is 4.07. The molecule has 1 aliphatic rings. The predicted molar refractivity (Wildman–Crippen MR) is 75.1 cm³/mol. The van der Waals surface area contributed by atoms with Crippen LogP contribution in [0, 0.1) is 0 Å². The average molecular weight is 273 g/mol. The van der Waals surface area contributed by atoms with E-state index in [1.807, 2.05) is 12.1 Å². The number of benzene rings is 1. The third kappa shape index (κ3) is 2.67. The van der Waals surface area contributed by atoms with Crippen LogP contribution in [-0.2, 0) is 19.5 Å². The van der Waals surface area contributed by atoms with Crippen LogP contribution in [0.2, 0.25) is 0 Å². The molecular formula is C14H15N3OS. The molecule has 1 aromatic heterocycles. The molecular weight excluding hydrogens is 258 g/mol. The zero-order valence-electron chi connectivity index (χ0n) is 10.5. The molecule has 1 amide bonds. The number of nitrogens with zero attached hydrogens (tertiary/aromatic N) is 1. The van der Waals surface area contributed by atoms with Gasteiger partial charge in [-0.05, 0) is 30.2 Å². The molecule has 2 N–H and O–H groups in total. The van der Waals surface area contributed by atoms with Crippen molar-refractivity contribution in [2.45, 2.75) is 19.5 Å². The molecule has 5 heteroatoms. The molecule has 4 nitrogen and oxygen atoms in total. The molecule has 0 saturated carbocycles. The largest absolute Gasteiger partial charge is 0.347 e. The Balaban J connectivity index is 1.76. The maximum Gasteiger partial charge on any atom is 0.251 e. The van der Waals surface area contributed by atoms with E-state index in [-0.39, 0.29) is 5.91 Å². The highest BCUT2D eigenvalue weighted by atomic mass is 32.1. The van der Waals surface area contributed by atoms with Crippen molar-refractivity contribution < 1.29 is 4.79 Å². The number of carbonyl (C=O) groups is 1. The molecule has 98 valence electrons. The second kappa shape index (κ2) is 5.50. The zero-order chi connectivity index (χ0) is 13.1. The quantitative estimate of drug-likeness (QED) is 0.895. The summed E-state index contributed by atoms with van der Waals surface area (Å²) in [5, 5.41) is 6.29. The van der Waals surface area contributed by atoms with E-state index in [1.54, 1.807) is 23.0 Å². The van der Waals surface area contributed by atoms with E-state index in [0.29, 0.717) is 6.54 Å². The topological polar surface area (TPSA) is 54.0 Å². The predicted octanol–water partition coefficient (Wildman–Crippen LogP) is 1.72. The summed E-state index contributed by atoms with van der Waals surface area (Å²) >= 11 is 1.55. The summed E-state index contributed by atoms with van der Waals surface area (Å²) in [5.74, 6) is 0.00662. The SMILES string of the molecule is O=C(NCc1cncs1)c1cccc2c1CCNC2. The number of rotatable bonds is 3. The van der Waals surface area contributed by atoms with Gasteiger partial charge >= 0.3 is 0 Å². The molecule has 2 aromatic rings. The van der Waals surface area contributed by atoms with Crippen molar-refractivity contribution in [1.29, 1.82) is 0 Å². The standard InChI is InChI=1S/C14H15N3OS/c18-14(17-8-11-7-16-9-19-11)13-3-1-2-10-6-15-5-4-12(10)13/h1-3,7,9,15H,4-6,8H2,(H,17,18). The van der Waals surface area contributed by atoms with E-state index in [4.69, 9.17) is 0 Å². The minimum Gasteiger partial charge on any atom is -0.347 e. The van der Waals surface area contributed by atoms with E-state index >= 15 is 0 Å². The maximum absolute atomic E-state index is 12.3. The summed E-state index contributed by atoms with van der Waals surface area (Å²) in [6, 6.07) is 5.95. The Morgan fingerprint density at radius 2 is 2.42 bits per heavy atom. The Hall–Kier alpha value is -1.72. The van der Waals surface area contributed by atoms with Crippen LogP contribution in [0.4, 0.5) is 0 Å². The van der Waals surface area contributed by atoms with Gasteiger partial charge in [0.15, 0.2) is 0 Å². The summed E-state index contributed by atoms with van der Waals surface area (Å²) in [6.45, 7) is 2.34. The van der Waals surface area contributed by atoms with Gasteiger partial charge in [-0.25, -0.2) is 0 Å². The van der Waals surface area contributed by atoms with E-state index < -0.39 is 0 Å². The molecule has 0 radical (unpaired) electrons. The van der Waals surface area contributed by atoms with Gasteiger partial charge < -0.3 is 10.6 Å². The van der Waals surface area contributed by atoms with Crippen LogP contribution in [0.1, 0.15) is 26.4 Å². The first kappa shape index (κ1) is 12.3. The number of hydrogen-bond donors (Lipinski definition) is 2. The maximum atomic E-state index is 12.3. The molecule has 0 unspecified atom stereocenters. The Kier molecular flexibility index (Phi) is 3.57. The van der Waals surface area contributed by atoms with E-state index in [2.05, 4.69) is 21.7 Å². The van der Waals surface area contributed by atoms with Crippen molar-refractivity contribution in [2.75, 3.05) is 6.54 Å². The highest BCUT2D eigenvalue weighted by Crippen LogP contribution is 2.18. The van der Waals surface area contributed by atoms with Gasteiger partial charge in [-0.2, -0.15) is 0 Å². The van der Waals surface area contributed by atoms with Gasteiger partial charge in [0, 0.05) is 23.2 Å². The molecule has 3 rings (SSSR count). The van der Waals surface area contributed by atoms with Crippen molar-refractivity contribution in [3.05, 3.63) is 51.5 Å². The third-order valence-electron chi connectivity index (χ3n) is 3.29. The zero-order valence-corrected chi connectivity index (χ0v) is 11.3. The molecule has 0 spiro atoms. The van der Waals surface area contributed by atoms with Crippen LogP contribution in [-0.4, -0.2) is 17.4 Å². The molecule has 1 aromatic carbocycles. The van der Waals surface area contributed by atoms with Gasteiger partial charge in [0.25, 0.3) is 5.91 Å². The molecule has 0 saturated heterocycles. The molecule has 2 heterocycles. The highest BCUT2D eigenvalue weighted by Gasteiger charge is 2.16. The van der Waals surface area contributed by atoms with Gasteiger partial charge in [-0.1, -0.05) is 12.1 Å². The van der Waals surface area contributed by atoms with Gasteiger partial charge in [0.05, 0.1) is 12.1 Å².